The molecule has 0 saturated carbocycles. The Hall–Kier alpha value is -0.610. The number of aliphatic hydroxyl groups is 1. The number of rotatable bonds is 5. The van der Waals surface area contributed by atoms with E-state index < -0.39 is 0 Å². The van der Waals surface area contributed by atoms with Gasteiger partial charge in [0.15, 0.2) is 0 Å². The predicted molar refractivity (Wildman–Crippen MR) is 95.4 cm³/mol. The Bertz CT molecular complexity index is 660. The summed E-state index contributed by atoms with van der Waals surface area (Å²) in [6.45, 7) is 9.42. The van der Waals surface area contributed by atoms with Crippen molar-refractivity contribution < 1.29 is 5.11 Å². The first kappa shape index (κ1) is 17.7. The van der Waals surface area contributed by atoms with E-state index in [0.717, 1.165) is 27.7 Å². The third-order valence-electron chi connectivity index (χ3n) is 3.74. The number of hydrogen-bond acceptors (Lipinski definition) is 2. The minimum atomic E-state index is 0.0657. The van der Waals surface area contributed by atoms with E-state index in [1.54, 1.807) is 17.8 Å². The molecule has 2 aromatic rings. The smallest absolute Gasteiger partial charge is 0.0837 e. The van der Waals surface area contributed by atoms with Crippen LogP contribution in [0.2, 0.25) is 10.0 Å². The molecule has 5 heteroatoms. The van der Waals surface area contributed by atoms with Gasteiger partial charge in [0.05, 0.1) is 11.6 Å². The first-order valence-electron chi connectivity index (χ1n) is 7.35. The molecule has 120 valence electrons. The largest absolute Gasteiger partial charge is 0.392 e. The fraction of sp³-hybridized carbons (Fsp3) is 0.412. The summed E-state index contributed by atoms with van der Waals surface area (Å²) in [5.41, 5.74) is 3.37. The lowest BCUT2D eigenvalue weighted by Crippen LogP contribution is -1.99. The van der Waals surface area contributed by atoms with Crippen LogP contribution in [-0.2, 0) is 13.2 Å². The topological polar surface area (TPSA) is 25.2 Å². The van der Waals surface area contributed by atoms with Gasteiger partial charge in [0.25, 0.3) is 0 Å². The van der Waals surface area contributed by atoms with Crippen LogP contribution in [0.5, 0.6) is 0 Å². The van der Waals surface area contributed by atoms with E-state index >= 15 is 0 Å². The summed E-state index contributed by atoms with van der Waals surface area (Å²) in [5, 5.41) is 12.2. The van der Waals surface area contributed by atoms with E-state index in [-0.39, 0.29) is 6.61 Å². The fourth-order valence-corrected chi connectivity index (χ4v) is 4.87. The third kappa shape index (κ3) is 3.48. The number of nitrogens with zero attached hydrogens (tertiary/aromatic N) is 1. The lowest BCUT2D eigenvalue weighted by Gasteiger charge is -2.13. The van der Waals surface area contributed by atoms with Crippen LogP contribution in [0.3, 0.4) is 0 Å². The lowest BCUT2D eigenvalue weighted by molar-refractivity contribution is 0.279. The van der Waals surface area contributed by atoms with Gasteiger partial charge in [0.2, 0.25) is 0 Å². The summed E-state index contributed by atoms with van der Waals surface area (Å²) >= 11 is 13.9. The number of hydrogen-bond donors (Lipinski definition) is 1. The zero-order chi connectivity index (χ0) is 16.4. The maximum absolute atomic E-state index is 9.77. The maximum atomic E-state index is 9.77. The molecular formula is C17H21Cl2NOS. The van der Waals surface area contributed by atoms with E-state index in [4.69, 9.17) is 23.2 Å². The Morgan fingerprint density at radius 3 is 2.23 bits per heavy atom. The molecule has 0 radical (unpaired) electrons. The van der Waals surface area contributed by atoms with Crippen molar-refractivity contribution in [2.75, 3.05) is 0 Å². The van der Waals surface area contributed by atoms with E-state index in [0.29, 0.717) is 16.0 Å². The van der Waals surface area contributed by atoms with Gasteiger partial charge in [-0.05, 0) is 43.5 Å². The first-order valence-corrected chi connectivity index (χ1v) is 8.92. The molecular weight excluding hydrogens is 337 g/mol. The molecule has 0 aliphatic rings. The number of aliphatic hydroxyl groups excluding tert-OH is 1. The molecule has 1 aromatic heterocycles. The molecule has 0 atom stereocenters. The van der Waals surface area contributed by atoms with Gasteiger partial charge in [0, 0.05) is 32.7 Å². The predicted octanol–water partition coefficient (Wildman–Crippen LogP) is 5.89. The van der Waals surface area contributed by atoms with E-state index in [1.165, 1.54) is 5.56 Å². The molecule has 0 aliphatic heterocycles. The SMILES string of the molecule is CCn1c(C)c(CO)c(C(C)C)c1Sc1cc(Cl)cc(Cl)c1. The van der Waals surface area contributed by atoms with Crippen LogP contribution in [0, 0.1) is 6.92 Å². The minimum absolute atomic E-state index is 0.0657. The summed E-state index contributed by atoms with van der Waals surface area (Å²) in [4.78, 5) is 1.01. The molecule has 1 aromatic carbocycles. The number of aromatic nitrogens is 1. The van der Waals surface area contributed by atoms with Crippen LogP contribution in [-0.4, -0.2) is 9.67 Å². The summed E-state index contributed by atoms with van der Waals surface area (Å²) < 4.78 is 2.25. The molecule has 2 rings (SSSR count). The van der Waals surface area contributed by atoms with Crippen molar-refractivity contribution in [2.45, 2.75) is 56.7 Å². The normalized spacial score (nSPS) is 11.5. The zero-order valence-corrected chi connectivity index (χ0v) is 15.6. The summed E-state index contributed by atoms with van der Waals surface area (Å²) in [7, 11) is 0. The van der Waals surface area contributed by atoms with E-state index in [2.05, 4.69) is 32.3 Å². The van der Waals surface area contributed by atoms with Gasteiger partial charge in [-0.3, -0.25) is 0 Å². The molecule has 1 N–H and O–H groups in total. The van der Waals surface area contributed by atoms with Crippen LogP contribution in [0.15, 0.2) is 28.1 Å². The van der Waals surface area contributed by atoms with Gasteiger partial charge >= 0.3 is 0 Å². The second-order valence-electron chi connectivity index (χ2n) is 5.55. The van der Waals surface area contributed by atoms with E-state index in [9.17, 15) is 5.11 Å². The minimum Gasteiger partial charge on any atom is -0.392 e. The van der Waals surface area contributed by atoms with Crippen molar-refractivity contribution in [1.29, 1.82) is 0 Å². The lowest BCUT2D eigenvalue weighted by atomic mass is 10.0. The molecule has 2 nitrogen and oxygen atoms in total. The molecule has 0 saturated heterocycles. The van der Waals surface area contributed by atoms with Gasteiger partial charge in [-0.25, -0.2) is 0 Å². The monoisotopic (exact) mass is 357 g/mol. The highest BCUT2D eigenvalue weighted by Gasteiger charge is 2.22. The Morgan fingerprint density at radius 1 is 1.18 bits per heavy atom. The molecule has 22 heavy (non-hydrogen) atoms. The van der Waals surface area contributed by atoms with Crippen LogP contribution >= 0.6 is 35.0 Å². The molecule has 0 spiro atoms. The average Bonchev–Trinajstić information content (AvgIpc) is 2.69. The Balaban J connectivity index is 2.58. The molecule has 0 unspecified atom stereocenters. The average molecular weight is 358 g/mol. The molecule has 0 aliphatic carbocycles. The molecule has 0 amide bonds. The van der Waals surface area contributed by atoms with Crippen LogP contribution in [0.1, 0.15) is 43.5 Å². The van der Waals surface area contributed by atoms with Crippen LogP contribution < -0.4 is 0 Å². The van der Waals surface area contributed by atoms with Crippen molar-refractivity contribution in [2.24, 2.45) is 0 Å². The first-order chi connectivity index (χ1) is 10.4. The van der Waals surface area contributed by atoms with Crippen molar-refractivity contribution in [3.05, 3.63) is 45.1 Å². The van der Waals surface area contributed by atoms with Crippen molar-refractivity contribution >= 4 is 35.0 Å². The van der Waals surface area contributed by atoms with Crippen molar-refractivity contribution in [3.8, 4) is 0 Å². The van der Waals surface area contributed by atoms with E-state index in [1.807, 2.05) is 12.1 Å². The molecule has 1 heterocycles. The highest BCUT2D eigenvalue weighted by atomic mass is 35.5. The van der Waals surface area contributed by atoms with Crippen LogP contribution in [0.4, 0.5) is 0 Å². The van der Waals surface area contributed by atoms with Gasteiger partial charge < -0.3 is 9.67 Å². The number of benzene rings is 1. The number of halogens is 2. The maximum Gasteiger partial charge on any atom is 0.0837 e. The second-order valence-corrected chi connectivity index (χ2v) is 7.48. The van der Waals surface area contributed by atoms with Crippen LogP contribution in [0.25, 0.3) is 0 Å². The Kier molecular flexibility index (Phi) is 5.89. The third-order valence-corrected chi connectivity index (χ3v) is 5.29. The standard InChI is InChI=1S/C17H21Cl2NOS/c1-5-20-11(4)15(9-21)16(10(2)3)17(20)22-14-7-12(18)6-13(19)8-14/h6-8,10,21H,5,9H2,1-4H3. The van der Waals surface area contributed by atoms with Crippen molar-refractivity contribution in [3.63, 3.8) is 0 Å². The Morgan fingerprint density at radius 2 is 1.77 bits per heavy atom. The summed E-state index contributed by atoms with van der Waals surface area (Å²) in [6, 6.07) is 5.58. The summed E-state index contributed by atoms with van der Waals surface area (Å²) in [5.74, 6) is 0.339. The fourth-order valence-electron chi connectivity index (χ4n) is 2.77. The zero-order valence-electron chi connectivity index (χ0n) is 13.3. The van der Waals surface area contributed by atoms with Gasteiger partial charge in [0.1, 0.15) is 0 Å². The molecule has 0 fully saturated rings. The summed E-state index contributed by atoms with van der Waals surface area (Å²) in [6.07, 6.45) is 0. The molecule has 0 bridgehead atoms. The second kappa shape index (κ2) is 7.31. The Labute approximate surface area is 146 Å². The van der Waals surface area contributed by atoms with Gasteiger partial charge in [-0.15, -0.1) is 0 Å². The quantitative estimate of drug-likeness (QED) is 0.721. The highest BCUT2D eigenvalue weighted by Crippen LogP contribution is 2.40. The van der Waals surface area contributed by atoms with Crippen molar-refractivity contribution in [1.82, 2.24) is 4.57 Å². The highest BCUT2D eigenvalue weighted by molar-refractivity contribution is 7.99. The van der Waals surface area contributed by atoms with Gasteiger partial charge in [-0.1, -0.05) is 48.8 Å². The van der Waals surface area contributed by atoms with Gasteiger partial charge in [-0.2, -0.15) is 0 Å².